The van der Waals surface area contributed by atoms with Gasteiger partial charge in [-0.05, 0) is 18.5 Å². The molecule has 2 saturated heterocycles. The van der Waals surface area contributed by atoms with Gasteiger partial charge in [0.05, 0.1) is 0 Å². The number of likely N-dealkylation sites (tertiary alicyclic amines) is 1. The first-order chi connectivity index (χ1) is 11.0. The van der Waals surface area contributed by atoms with Gasteiger partial charge in [-0.2, -0.15) is 8.78 Å². The average Bonchev–Trinajstić information content (AvgIpc) is 2.91. The average molecular weight is 345 g/mol. The maximum absolute atomic E-state index is 12.4. The van der Waals surface area contributed by atoms with Crippen molar-refractivity contribution in [1.29, 1.82) is 0 Å². The van der Waals surface area contributed by atoms with Crippen LogP contribution in [0.2, 0.25) is 0 Å². The van der Waals surface area contributed by atoms with E-state index in [1.54, 1.807) is 10.3 Å². The molecule has 2 aliphatic heterocycles. The molecule has 0 unspecified atom stereocenters. The molecule has 3 rings (SSSR count). The Morgan fingerprint density at radius 3 is 2.70 bits per heavy atom. The van der Waals surface area contributed by atoms with Gasteiger partial charge in [-0.15, -0.1) is 11.3 Å². The van der Waals surface area contributed by atoms with Crippen LogP contribution in [0.5, 0.6) is 5.75 Å². The molecule has 2 aliphatic rings. The molecule has 1 aromatic rings. The number of carbonyl (C=O) groups is 1. The minimum atomic E-state index is -2.91. The second-order valence-corrected chi connectivity index (χ2v) is 7.09. The van der Waals surface area contributed by atoms with Gasteiger partial charge in [0.2, 0.25) is 0 Å². The number of nitrogens with zero attached hydrogens (tertiary/aromatic N) is 3. The van der Waals surface area contributed by atoms with E-state index in [0.717, 1.165) is 44.1 Å². The van der Waals surface area contributed by atoms with E-state index in [0.29, 0.717) is 19.0 Å². The van der Waals surface area contributed by atoms with Crippen LogP contribution in [0.4, 0.5) is 8.78 Å². The predicted octanol–water partition coefficient (Wildman–Crippen LogP) is 1.67. The monoisotopic (exact) mass is 345 g/mol. The minimum Gasteiger partial charge on any atom is -0.433 e. The third-order valence-electron chi connectivity index (χ3n) is 4.40. The lowest BCUT2D eigenvalue weighted by Crippen LogP contribution is -2.55. The summed E-state index contributed by atoms with van der Waals surface area (Å²) in [4.78, 5) is 19.1. The number of carbonyl (C=O) groups excluding carboxylic acids is 1. The highest BCUT2D eigenvalue weighted by molar-refractivity contribution is 7.12. The summed E-state index contributed by atoms with van der Waals surface area (Å²) in [5, 5.41) is 1.60. The molecular formula is C15H21F2N3O2S. The minimum absolute atomic E-state index is 0.0162. The molecule has 128 valence electrons. The molecule has 0 radical (unpaired) electrons. The molecule has 0 aliphatic carbocycles. The molecular weight excluding hydrogens is 324 g/mol. The van der Waals surface area contributed by atoms with Crippen molar-refractivity contribution in [3.63, 3.8) is 0 Å². The summed E-state index contributed by atoms with van der Waals surface area (Å²) in [5.41, 5.74) is 0. The van der Waals surface area contributed by atoms with Gasteiger partial charge in [-0.25, -0.2) is 0 Å². The highest BCUT2D eigenvalue weighted by Crippen LogP contribution is 2.30. The van der Waals surface area contributed by atoms with Crippen LogP contribution in [0.1, 0.15) is 9.67 Å². The number of hydrogen-bond donors (Lipinski definition) is 0. The van der Waals surface area contributed by atoms with Crippen molar-refractivity contribution in [2.45, 2.75) is 6.61 Å². The first kappa shape index (κ1) is 16.6. The summed E-state index contributed by atoms with van der Waals surface area (Å²) in [7, 11) is 2.13. The molecule has 0 atom stereocenters. The van der Waals surface area contributed by atoms with Gasteiger partial charge in [0.1, 0.15) is 10.6 Å². The number of rotatable bonds is 5. The maximum Gasteiger partial charge on any atom is 0.387 e. The number of ether oxygens (including phenoxy) is 1. The van der Waals surface area contributed by atoms with Gasteiger partial charge in [-0.1, -0.05) is 0 Å². The zero-order chi connectivity index (χ0) is 16.4. The van der Waals surface area contributed by atoms with Crippen LogP contribution in [-0.2, 0) is 0 Å². The van der Waals surface area contributed by atoms with E-state index in [1.807, 2.05) is 0 Å². The third kappa shape index (κ3) is 3.99. The molecule has 1 amide bonds. The molecule has 23 heavy (non-hydrogen) atoms. The normalized spacial score (nSPS) is 20.8. The molecule has 0 spiro atoms. The molecule has 3 heterocycles. The van der Waals surface area contributed by atoms with E-state index in [1.165, 1.54) is 6.07 Å². The van der Waals surface area contributed by atoms with Crippen molar-refractivity contribution >= 4 is 17.2 Å². The Morgan fingerprint density at radius 2 is 2.04 bits per heavy atom. The Bertz CT molecular complexity index is 541. The fourth-order valence-corrected chi connectivity index (χ4v) is 3.82. The van der Waals surface area contributed by atoms with Crippen LogP contribution >= 0.6 is 11.3 Å². The lowest BCUT2D eigenvalue weighted by Gasteiger charge is -2.43. The smallest absolute Gasteiger partial charge is 0.387 e. The van der Waals surface area contributed by atoms with Crippen molar-refractivity contribution in [3.8, 4) is 5.75 Å². The fraction of sp³-hybridized carbons (Fsp3) is 0.667. The summed E-state index contributed by atoms with van der Waals surface area (Å²) in [5.74, 6) is 0.254. The number of amides is 1. The van der Waals surface area contributed by atoms with Gasteiger partial charge in [0.15, 0.2) is 0 Å². The van der Waals surface area contributed by atoms with Crippen LogP contribution in [0, 0.1) is 5.92 Å². The molecule has 8 heteroatoms. The van der Waals surface area contributed by atoms with Gasteiger partial charge >= 0.3 is 6.61 Å². The first-order valence-corrected chi connectivity index (χ1v) is 8.63. The van der Waals surface area contributed by atoms with Crippen molar-refractivity contribution in [1.82, 2.24) is 14.7 Å². The van der Waals surface area contributed by atoms with Gasteiger partial charge in [0.25, 0.3) is 5.91 Å². The van der Waals surface area contributed by atoms with Crippen LogP contribution in [0.15, 0.2) is 11.4 Å². The lowest BCUT2D eigenvalue weighted by molar-refractivity contribution is -0.0500. The topological polar surface area (TPSA) is 36.0 Å². The van der Waals surface area contributed by atoms with E-state index < -0.39 is 6.61 Å². The molecule has 0 bridgehead atoms. The van der Waals surface area contributed by atoms with E-state index in [9.17, 15) is 13.6 Å². The zero-order valence-corrected chi connectivity index (χ0v) is 13.9. The maximum atomic E-state index is 12.4. The number of alkyl halides is 2. The van der Waals surface area contributed by atoms with Crippen LogP contribution in [0.25, 0.3) is 0 Å². The number of thiophene rings is 1. The molecule has 0 saturated carbocycles. The van der Waals surface area contributed by atoms with Crippen molar-refractivity contribution in [2.24, 2.45) is 5.92 Å². The summed E-state index contributed by atoms with van der Waals surface area (Å²) in [6.07, 6.45) is 0. The van der Waals surface area contributed by atoms with Crippen molar-refractivity contribution in [3.05, 3.63) is 16.3 Å². The molecule has 2 fully saturated rings. The van der Waals surface area contributed by atoms with Gasteiger partial charge in [-0.3, -0.25) is 4.79 Å². The fourth-order valence-electron chi connectivity index (χ4n) is 3.03. The van der Waals surface area contributed by atoms with Crippen molar-refractivity contribution < 1.29 is 18.3 Å². The summed E-state index contributed by atoms with van der Waals surface area (Å²) in [6.45, 7) is 3.78. The Labute approximate surface area is 138 Å². The van der Waals surface area contributed by atoms with E-state index in [2.05, 4.69) is 21.6 Å². The first-order valence-electron chi connectivity index (χ1n) is 7.75. The third-order valence-corrected chi connectivity index (χ3v) is 5.28. The Morgan fingerprint density at radius 1 is 1.35 bits per heavy atom. The van der Waals surface area contributed by atoms with E-state index in [4.69, 9.17) is 0 Å². The highest BCUT2D eigenvalue weighted by Gasteiger charge is 2.34. The number of halogens is 2. The van der Waals surface area contributed by atoms with Crippen LogP contribution < -0.4 is 4.74 Å². The van der Waals surface area contributed by atoms with Crippen LogP contribution in [-0.4, -0.2) is 80.1 Å². The second-order valence-electron chi connectivity index (χ2n) is 6.17. The van der Waals surface area contributed by atoms with E-state index >= 15 is 0 Å². The lowest BCUT2D eigenvalue weighted by atomic mass is 9.98. The molecule has 1 aromatic heterocycles. The predicted molar refractivity (Wildman–Crippen MR) is 84.3 cm³/mol. The zero-order valence-electron chi connectivity index (χ0n) is 13.1. The Balaban J connectivity index is 1.47. The SMILES string of the molecule is CN1CCN(CC2CN(C(=O)c3sccc3OC(F)F)C2)CC1. The summed E-state index contributed by atoms with van der Waals surface area (Å²) < 4.78 is 29.1. The highest BCUT2D eigenvalue weighted by atomic mass is 32.1. The summed E-state index contributed by atoms with van der Waals surface area (Å²) >= 11 is 1.15. The summed E-state index contributed by atoms with van der Waals surface area (Å²) in [6, 6.07) is 1.42. The Kier molecular flexibility index (Phi) is 5.13. The number of hydrogen-bond acceptors (Lipinski definition) is 5. The van der Waals surface area contributed by atoms with Crippen molar-refractivity contribution in [2.75, 3.05) is 52.9 Å². The second kappa shape index (κ2) is 7.11. The standard InChI is InChI=1S/C15H21F2N3O2S/c1-18-3-5-19(6-4-18)8-11-9-20(10-11)14(21)13-12(2-7-23-13)22-15(16)17/h2,7,11,15H,3-6,8-10H2,1H3. The Hall–Kier alpha value is -1.25. The van der Waals surface area contributed by atoms with Gasteiger partial charge < -0.3 is 19.4 Å². The number of likely N-dealkylation sites (N-methyl/N-ethyl adjacent to an activating group) is 1. The quantitative estimate of drug-likeness (QED) is 0.813. The van der Waals surface area contributed by atoms with Crippen LogP contribution in [0.3, 0.4) is 0 Å². The number of piperazine rings is 1. The molecule has 5 nitrogen and oxygen atoms in total. The van der Waals surface area contributed by atoms with Gasteiger partial charge in [0, 0.05) is 51.7 Å². The molecule has 0 aromatic carbocycles. The molecule has 0 N–H and O–H groups in total. The van der Waals surface area contributed by atoms with E-state index in [-0.39, 0.29) is 16.5 Å². The largest absolute Gasteiger partial charge is 0.433 e.